The number of aromatic nitrogens is 2. The fourth-order valence-electron chi connectivity index (χ4n) is 2.47. The topological polar surface area (TPSA) is 52.1 Å². The van der Waals surface area contributed by atoms with Gasteiger partial charge in [-0.3, -0.25) is 4.98 Å². The molecule has 0 N–H and O–H groups in total. The maximum Gasteiger partial charge on any atom is 0.367 e. The quantitative estimate of drug-likeness (QED) is 0.649. The molecule has 0 spiro atoms. The summed E-state index contributed by atoms with van der Waals surface area (Å²) in [6, 6.07) is 12.1. The third-order valence-electron chi connectivity index (χ3n) is 3.53. The number of hydrogen-bond acceptors (Lipinski definition) is 5. The third kappa shape index (κ3) is 3.36. The Morgan fingerprint density at radius 1 is 1.17 bits per heavy atom. The normalized spacial score (nSPS) is 10.6. The molecule has 5 heteroatoms. The van der Waals surface area contributed by atoms with Gasteiger partial charge < -0.3 is 4.74 Å². The summed E-state index contributed by atoms with van der Waals surface area (Å²) in [6.07, 6.45) is 1.77. The zero-order chi connectivity index (χ0) is 17.1. The molecular formula is C19H18N2O2S. The van der Waals surface area contributed by atoms with Gasteiger partial charge in [0.2, 0.25) is 5.01 Å². The summed E-state index contributed by atoms with van der Waals surface area (Å²) in [5.41, 5.74) is 4.87. The molecule has 0 radical (unpaired) electrons. The molecule has 0 aliphatic rings. The first-order valence-electron chi connectivity index (χ1n) is 7.76. The Hall–Kier alpha value is -2.53. The van der Waals surface area contributed by atoms with Gasteiger partial charge in [0.05, 0.1) is 17.2 Å². The number of thiazole rings is 1. The Morgan fingerprint density at radius 2 is 2.00 bits per heavy atom. The minimum atomic E-state index is -0.381. The minimum Gasteiger partial charge on any atom is -0.461 e. The van der Waals surface area contributed by atoms with E-state index >= 15 is 0 Å². The third-order valence-corrected chi connectivity index (χ3v) is 4.61. The fourth-order valence-corrected chi connectivity index (χ4v) is 3.45. The highest BCUT2D eigenvalue weighted by atomic mass is 32.1. The Morgan fingerprint density at radius 3 is 2.71 bits per heavy atom. The SMILES string of the molecule is CCOC(=O)c1nc(-c2cccc(C)c2)c(-c2ccnc(C)c2)s1. The van der Waals surface area contributed by atoms with Crippen LogP contribution in [0.25, 0.3) is 21.7 Å². The predicted molar refractivity (Wildman–Crippen MR) is 96.2 cm³/mol. The Balaban J connectivity index is 2.16. The van der Waals surface area contributed by atoms with Gasteiger partial charge in [-0.2, -0.15) is 0 Å². The van der Waals surface area contributed by atoms with Crippen molar-refractivity contribution in [2.75, 3.05) is 6.61 Å². The lowest BCUT2D eigenvalue weighted by Crippen LogP contribution is -2.03. The number of pyridine rings is 1. The summed E-state index contributed by atoms with van der Waals surface area (Å²) < 4.78 is 5.11. The molecule has 0 bridgehead atoms. The van der Waals surface area contributed by atoms with Crippen LogP contribution in [0.2, 0.25) is 0 Å². The first kappa shape index (κ1) is 16.3. The van der Waals surface area contributed by atoms with E-state index in [2.05, 4.69) is 16.0 Å². The number of nitrogens with zero attached hydrogens (tertiary/aromatic N) is 2. The highest BCUT2D eigenvalue weighted by molar-refractivity contribution is 7.17. The number of carbonyl (C=O) groups is 1. The smallest absolute Gasteiger partial charge is 0.367 e. The summed E-state index contributed by atoms with van der Waals surface area (Å²) in [7, 11) is 0. The molecule has 0 fully saturated rings. The average molecular weight is 338 g/mol. The van der Waals surface area contributed by atoms with Gasteiger partial charge in [-0.05, 0) is 44.5 Å². The highest BCUT2D eigenvalue weighted by Crippen LogP contribution is 2.37. The van der Waals surface area contributed by atoms with Crippen LogP contribution >= 0.6 is 11.3 Å². The van der Waals surface area contributed by atoms with Crippen molar-refractivity contribution in [1.82, 2.24) is 9.97 Å². The summed E-state index contributed by atoms with van der Waals surface area (Å²) in [4.78, 5) is 21.9. The monoisotopic (exact) mass is 338 g/mol. The molecule has 0 saturated heterocycles. The van der Waals surface area contributed by atoms with Crippen LogP contribution in [-0.4, -0.2) is 22.5 Å². The van der Waals surface area contributed by atoms with E-state index in [0.717, 1.165) is 33.0 Å². The van der Waals surface area contributed by atoms with Crippen LogP contribution < -0.4 is 0 Å². The Bertz CT molecular complexity index is 824. The van der Waals surface area contributed by atoms with Crippen molar-refractivity contribution in [3.05, 3.63) is 58.9 Å². The minimum absolute atomic E-state index is 0.335. The molecule has 3 rings (SSSR count). The van der Waals surface area contributed by atoms with Crippen LogP contribution in [-0.2, 0) is 4.74 Å². The molecule has 24 heavy (non-hydrogen) atoms. The lowest BCUT2D eigenvalue weighted by molar-refractivity contribution is 0.0526. The van der Waals surface area contributed by atoms with Crippen molar-refractivity contribution in [2.24, 2.45) is 0 Å². The van der Waals surface area contributed by atoms with Gasteiger partial charge in [0.1, 0.15) is 0 Å². The van der Waals surface area contributed by atoms with Crippen molar-refractivity contribution in [3.63, 3.8) is 0 Å². The Kier molecular flexibility index (Phi) is 4.71. The molecule has 122 valence electrons. The van der Waals surface area contributed by atoms with E-state index in [4.69, 9.17) is 4.74 Å². The largest absolute Gasteiger partial charge is 0.461 e. The number of ether oxygens (including phenoxy) is 1. The van der Waals surface area contributed by atoms with Crippen LogP contribution in [0.3, 0.4) is 0 Å². The van der Waals surface area contributed by atoms with Crippen LogP contribution in [0.5, 0.6) is 0 Å². The van der Waals surface area contributed by atoms with Crippen molar-refractivity contribution in [3.8, 4) is 21.7 Å². The number of aryl methyl sites for hydroxylation is 2. The molecule has 2 heterocycles. The summed E-state index contributed by atoms with van der Waals surface area (Å²) >= 11 is 1.36. The van der Waals surface area contributed by atoms with Gasteiger partial charge in [0.25, 0.3) is 0 Å². The standard InChI is InChI=1S/C19H18N2O2S/c1-4-23-19(22)18-21-16(14-7-5-6-12(2)10-14)17(24-18)15-8-9-20-13(3)11-15/h5-11H,4H2,1-3H3. The number of carbonyl (C=O) groups excluding carboxylic acids is 1. The predicted octanol–water partition coefficient (Wildman–Crippen LogP) is 4.67. The second kappa shape index (κ2) is 6.93. The van der Waals surface area contributed by atoms with Crippen LogP contribution in [0.15, 0.2) is 42.6 Å². The number of rotatable bonds is 4. The average Bonchev–Trinajstić information content (AvgIpc) is 3.00. The van der Waals surface area contributed by atoms with E-state index < -0.39 is 0 Å². The molecular weight excluding hydrogens is 320 g/mol. The second-order valence-corrected chi connectivity index (χ2v) is 6.47. The fraction of sp³-hybridized carbons (Fsp3) is 0.211. The lowest BCUT2D eigenvalue weighted by atomic mass is 10.1. The van der Waals surface area contributed by atoms with E-state index in [1.807, 2.05) is 44.2 Å². The molecule has 0 atom stereocenters. The summed E-state index contributed by atoms with van der Waals surface area (Å²) in [5.74, 6) is -0.381. The molecule has 0 saturated carbocycles. The second-order valence-electron chi connectivity index (χ2n) is 5.47. The van der Waals surface area contributed by atoms with Gasteiger partial charge in [-0.25, -0.2) is 9.78 Å². The van der Waals surface area contributed by atoms with Crippen molar-refractivity contribution in [2.45, 2.75) is 20.8 Å². The molecule has 0 amide bonds. The maximum atomic E-state index is 12.1. The molecule has 0 aliphatic carbocycles. The van der Waals surface area contributed by atoms with E-state index in [1.54, 1.807) is 13.1 Å². The highest BCUT2D eigenvalue weighted by Gasteiger charge is 2.20. The molecule has 4 nitrogen and oxygen atoms in total. The van der Waals surface area contributed by atoms with Gasteiger partial charge in [-0.15, -0.1) is 11.3 Å². The van der Waals surface area contributed by atoms with Gasteiger partial charge >= 0.3 is 5.97 Å². The summed E-state index contributed by atoms with van der Waals surface area (Å²) in [5, 5.41) is 0.373. The molecule has 1 aromatic carbocycles. The first-order valence-corrected chi connectivity index (χ1v) is 8.58. The maximum absolute atomic E-state index is 12.1. The molecule has 3 aromatic rings. The number of benzene rings is 1. The zero-order valence-corrected chi connectivity index (χ0v) is 14.7. The Labute approximate surface area is 145 Å². The number of hydrogen-bond donors (Lipinski definition) is 0. The first-order chi connectivity index (χ1) is 11.6. The van der Waals surface area contributed by atoms with Crippen LogP contribution in [0.1, 0.15) is 28.0 Å². The molecule has 0 unspecified atom stereocenters. The van der Waals surface area contributed by atoms with Gasteiger partial charge in [0, 0.05) is 17.5 Å². The van der Waals surface area contributed by atoms with E-state index in [-0.39, 0.29) is 5.97 Å². The lowest BCUT2D eigenvalue weighted by Gasteiger charge is -2.04. The van der Waals surface area contributed by atoms with E-state index in [9.17, 15) is 4.79 Å². The number of esters is 1. The van der Waals surface area contributed by atoms with Crippen LogP contribution in [0, 0.1) is 13.8 Å². The molecule has 2 aromatic heterocycles. The van der Waals surface area contributed by atoms with Gasteiger partial charge in [0.15, 0.2) is 0 Å². The van der Waals surface area contributed by atoms with Gasteiger partial charge in [-0.1, -0.05) is 23.8 Å². The summed E-state index contributed by atoms with van der Waals surface area (Å²) in [6.45, 7) is 6.11. The van der Waals surface area contributed by atoms with Crippen molar-refractivity contribution in [1.29, 1.82) is 0 Å². The molecule has 0 aliphatic heterocycles. The van der Waals surface area contributed by atoms with Crippen LogP contribution in [0.4, 0.5) is 0 Å². The zero-order valence-electron chi connectivity index (χ0n) is 13.9. The van der Waals surface area contributed by atoms with Crippen molar-refractivity contribution >= 4 is 17.3 Å². The van der Waals surface area contributed by atoms with E-state index in [1.165, 1.54) is 11.3 Å². The van der Waals surface area contributed by atoms with Crippen molar-refractivity contribution < 1.29 is 9.53 Å². The van der Waals surface area contributed by atoms with E-state index in [0.29, 0.717) is 11.6 Å².